The Labute approximate surface area is 383 Å². The molecule has 0 heterocycles. The van der Waals surface area contributed by atoms with E-state index in [1.54, 1.807) is 12.1 Å². The van der Waals surface area contributed by atoms with Gasteiger partial charge in [0.15, 0.2) is 0 Å². The van der Waals surface area contributed by atoms with Gasteiger partial charge in [-0.1, -0.05) is 140 Å². The lowest BCUT2D eigenvalue weighted by Gasteiger charge is -2.27. The third kappa shape index (κ3) is 23.6. The van der Waals surface area contributed by atoms with Gasteiger partial charge in [0, 0.05) is 26.3 Å². The average Bonchev–Trinajstić information content (AvgIpc) is 3.27. The second kappa shape index (κ2) is 32.6. The van der Waals surface area contributed by atoms with Crippen molar-refractivity contribution in [3.63, 3.8) is 0 Å². The number of benzene rings is 2. The molecule has 9 N–H and O–H groups in total. The molecule has 0 fully saturated rings. The van der Waals surface area contributed by atoms with Crippen LogP contribution in [0.25, 0.3) is 0 Å². The van der Waals surface area contributed by atoms with E-state index in [0.717, 1.165) is 31.2 Å². The largest absolute Gasteiger partial charge is 0.508 e. The number of hydrogen-bond donors (Lipinski definition) is 8. The van der Waals surface area contributed by atoms with E-state index in [4.69, 9.17) is 5.73 Å². The van der Waals surface area contributed by atoms with Gasteiger partial charge in [0.1, 0.15) is 36.0 Å². The molecule has 0 aliphatic heterocycles. The Kier molecular flexibility index (Phi) is 28.1. The van der Waals surface area contributed by atoms with Crippen molar-refractivity contribution in [1.82, 2.24) is 31.9 Å². The molecule has 2 aromatic rings. The van der Waals surface area contributed by atoms with Crippen molar-refractivity contribution in [3.05, 3.63) is 65.7 Å². The summed E-state index contributed by atoms with van der Waals surface area (Å²) in [5.74, 6) is -2.91. The van der Waals surface area contributed by atoms with Gasteiger partial charge < -0.3 is 42.7 Å². The van der Waals surface area contributed by atoms with Crippen LogP contribution in [0.3, 0.4) is 0 Å². The van der Waals surface area contributed by atoms with Crippen molar-refractivity contribution in [1.29, 1.82) is 0 Å². The third-order valence-electron chi connectivity index (χ3n) is 11.4. The average molecular weight is 892 g/mol. The molecule has 0 aliphatic carbocycles. The monoisotopic (exact) mass is 892 g/mol. The van der Waals surface area contributed by atoms with E-state index in [2.05, 4.69) is 38.8 Å². The molecule has 0 bridgehead atoms. The van der Waals surface area contributed by atoms with Crippen LogP contribution in [-0.4, -0.2) is 84.4 Å². The fourth-order valence-corrected chi connectivity index (χ4v) is 7.57. The number of aromatic hydroxyl groups is 1. The number of amides is 6. The van der Waals surface area contributed by atoms with Gasteiger partial charge in [-0.15, -0.1) is 0 Å². The van der Waals surface area contributed by atoms with Crippen molar-refractivity contribution in [2.75, 3.05) is 13.6 Å². The van der Waals surface area contributed by atoms with Crippen molar-refractivity contribution < 1.29 is 33.9 Å². The predicted octanol–water partition coefficient (Wildman–Crippen LogP) is 6.02. The molecular formula is C50H81N7O7. The minimum Gasteiger partial charge on any atom is -0.508 e. The highest BCUT2D eigenvalue weighted by Gasteiger charge is 2.32. The van der Waals surface area contributed by atoms with E-state index >= 15 is 0 Å². The summed E-state index contributed by atoms with van der Waals surface area (Å²) in [6.07, 6.45) is 18.0. The molecule has 0 spiro atoms. The Hall–Kier alpha value is -4.98. The van der Waals surface area contributed by atoms with Crippen LogP contribution < -0.4 is 37.6 Å². The summed E-state index contributed by atoms with van der Waals surface area (Å²) in [7, 11) is 1.48. The number of unbranched alkanes of at least 4 members (excludes halogenated alkanes) is 13. The Bertz CT molecular complexity index is 1660. The van der Waals surface area contributed by atoms with Gasteiger partial charge in [-0.25, -0.2) is 0 Å². The number of likely N-dealkylation sites (N-methyl/N-ethyl adjacent to an activating group) is 1. The number of phenolic OH excluding ortho intramolecular Hbond substituents is 1. The van der Waals surface area contributed by atoms with Crippen LogP contribution in [0.2, 0.25) is 0 Å². The van der Waals surface area contributed by atoms with Crippen molar-refractivity contribution >= 4 is 35.4 Å². The molecule has 6 amide bonds. The smallest absolute Gasteiger partial charge is 0.243 e. The lowest BCUT2D eigenvalue weighted by molar-refractivity contribution is -0.135. The number of phenols is 1. The maximum atomic E-state index is 14.2. The maximum Gasteiger partial charge on any atom is 0.243 e. The standard InChI is InChI=1S/C50H81N7O7/c1-6-7-8-9-10-11-12-13-14-15-16-17-21-27-45(59)54-42(33-36(2)3)48(62)53-37(4)46(60)56-43(35-39-28-30-40(58)31-29-39)50(64)57-44(34-38-24-19-18-20-25-38)49(63)55-41(47(61)52-5)26-22-23-32-51/h18-20,24-25,28-31,36-37,41-44,58H,6-17,21-23,26-27,32-35,51H2,1-5H3,(H,52,61)(H,53,62)(H,54,59)(H,55,63)(H,56,60)(H,57,64)/t37-,41-,42-,43-,44-/m0/s1. The fraction of sp³-hybridized carbons (Fsp3) is 0.640. The second-order valence-electron chi connectivity index (χ2n) is 17.6. The van der Waals surface area contributed by atoms with Crippen molar-refractivity contribution in [2.45, 2.75) is 186 Å². The first kappa shape index (κ1) is 55.2. The van der Waals surface area contributed by atoms with Crippen LogP contribution in [0.5, 0.6) is 5.75 Å². The molecule has 14 nitrogen and oxygen atoms in total. The second-order valence-corrected chi connectivity index (χ2v) is 17.6. The lowest BCUT2D eigenvalue weighted by Crippen LogP contribution is -2.59. The Morgan fingerprint density at radius 1 is 0.531 bits per heavy atom. The minimum atomic E-state index is -1.21. The first-order chi connectivity index (χ1) is 30.8. The summed E-state index contributed by atoms with van der Waals surface area (Å²) in [4.78, 5) is 81.2. The van der Waals surface area contributed by atoms with Crippen LogP contribution >= 0.6 is 0 Å². The Balaban J connectivity index is 2.10. The molecule has 2 rings (SSSR count). The zero-order chi connectivity index (χ0) is 47.1. The molecule has 0 saturated carbocycles. The SMILES string of the molecule is CCCCCCCCCCCCCCCC(=O)N[C@@H](CC(C)C)C(=O)N[C@@H](C)C(=O)N[C@@H](Cc1ccc(O)cc1)C(=O)N[C@@H](Cc1ccccc1)C(=O)N[C@@H](CCCCN)C(=O)NC. The van der Waals surface area contributed by atoms with Crippen LogP contribution in [0.1, 0.15) is 154 Å². The normalized spacial score (nSPS) is 13.5. The molecule has 0 aromatic heterocycles. The van der Waals surface area contributed by atoms with E-state index in [9.17, 15) is 33.9 Å². The van der Waals surface area contributed by atoms with Crippen LogP contribution in [-0.2, 0) is 41.6 Å². The summed E-state index contributed by atoms with van der Waals surface area (Å²) in [5, 5.41) is 26.5. The zero-order valence-corrected chi connectivity index (χ0v) is 39.5. The first-order valence-corrected chi connectivity index (χ1v) is 24.0. The maximum absolute atomic E-state index is 14.2. The van der Waals surface area contributed by atoms with E-state index < -0.39 is 53.8 Å². The summed E-state index contributed by atoms with van der Waals surface area (Å²) in [6, 6.07) is 10.1. The molecule has 0 saturated heterocycles. The first-order valence-electron chi connectivity index (χ1n) is 24.0. The minimum absolute atomic E-state index is 0.0105. The van der Waals surface area contributed by atoms with Crippen molar-refractivity contribution in [3.8, 4) is 5.75 Å². The molecule has 0 aliphatic rings. The summed E-state index contributed by atoms with van der Waals surface area (Å²) < 4.78 is 0. The molecular weight excluding hydrogens is 811 g/mol. The molecule has 14 heteroatoms. The number of carbonyl (C=O) groups excluding carboxylic acids is 6. The molecule has 0 radical (unpaired) electrons. The van der Waals surface area contributed by atoms with E-state index in [0.29, 0.717) is 44.2 Å². The van der Waals surface area contributed by atoms with Gasteiger partial charge in [-0.05, 0) is 74.8 Å². The molecule has 0 unspecified atom stereocenters. The van der Waals surface area contributed by atoms with Gasteiger partial charge in [0.2, 0.25) is 35.4 Å². The Morgan fingerprint density at radius 3 is 1.53 bits per heavy atom. The number of rotatable bonds is 34. The number of nitrogens with one attached hydrogen (secondary N) is 6. The summed E-state index contributed by atoms with van der Waals surface area (Å²) >= 11 is 0. The summed E-state index contributed by atoms with van der Waals surface area (Å²) in [5.41, 5.74) is 7.03. The van der Waals surface area contributed by atoms with Crippen LogP contribution in [0.15, 0.2) is 54.6 Å². The van der Waals surface area contributed by atoms with Gasteiger partial charge >= 0.3 is 0 Å². The molecule has 358 valence electrons. The van der Waals surface area contributed by atoms with Gasteiger partial charge in [-0.2, -0.15) is 0 Å². The highest BCUT2D eigenvalue weighted by Crippen LogP contribution is 2.15. The number of hydrogen-bond acceptors (Lipinski definition) is 8. The van der Waals surface area contributed by atoms with Crippen molar-refractivity contribution in [2.24, 2.45) is 11.7 Å². The number of nitrogens with two attached hydrogens (primary N) is 1. The van der Waals surface area contributed by atoms with Gasteiger partial charge in [-0.3, -0.25) is 28.8 Å². The van der Waals surface area contributed by atoms with Crippen LogP contribution in [0, 0.1) is 5.92 Å². The van der Waals surface area contributed by atoms with E-state index in [1.807, 2.05) is 44.2 Å². The van der Waals surface area contributed by atoms with E-state index in [1.165, 1.54) is 83.9 Å². The summed E-state index contributed by atoms with van der Waals surface area (Å²) in [6.45, 7) is 8.08. The predicted molar refractivity (Wildman–Crippen MR) is 254 cm³/mol. The highest BCUT2D eigenvalue weighted by molar-refractivity contribution is 5.96. The van der Waals surface area contributed by atoms with Crippen LogP contribution in [0.4, 0.5) is 0 Å². The zero-order valence-electron chi connectivity index (χ0n) is 39.5. The topological polar surface area (TPSA) is 221 Å². The fourth-order valence-electron chi connectivity index (χ4n) is 7.57. The van der Waals surface area contributed by atoms with E-state index in [-0.39, 0.29) is 36.3 Å². The Morgan fingerprint density at radius 2 is 1.02 bits per heavy atom. The molecule has 2 aromatic carbocycles. The lowest BCUT2D eigenvalue weighted by atomic mass is 10.0. The highest BCUT2D eigenvalue weighted by atomic mass is 16.3. The molecule has 5 atom stereocenters. The number of carbonyl (C=O) groups is 6. The van der Waals surface area contributed by atoms with Gasteiger partial charge in [0.05, 0.1) is 0 Å². The molecule has 64 heavy (non-hydrogen) atoms. The third-order valence-corrected chi connectivity index (χ3v) is 11.4. The quantitative estimate of drug-likeness (QED) is 0.0387. The van der Waals surface area contributed by atoms with Gasteiger partial charge in [0.25, 0.3) is 0 Å².